The molecule has 1 heterocycles. The second-order valence-electron chi connectivity index (χ2n) is 5.35. The molecule has 0 unspecified atom stereocenters. The minimum atomic E-state index is -0.528. The van der Waals surface area contributed by atoms with Crippen molar-refractivity contribution in [3.8, 4) is 5.75 Å². The average molecular weight is 343 g/mol. The van der Waals surface area contributed by atoms with Crippen LogP contribution in [-0.4, -0.2) is 26.0 Å². The van der Waals surface area contributed by atoms with Crippen molar-refractivity contribution in [2.24, 2.45) is 0 Å². The highest BCUT2D eigenvalue weighted by atomic mass is 35.5. The summed E-state index contributed by atoms with van der Waals surface area (Å²) in [4.78, 5) is 12.3. The van der Waals surface area contributed by atoms with Crippen LogP contribution in [0, 0.1) is 6.92 Å². The van der Waals surface area contributed by atoms with Crippen LogP contribution in [0.2, 0.25) is 5.15 Å². The molecule has 0 aliphatic heterocycles. The van der Waals surface area contributed by atoms with Gasteiger partial charge in [0.25, 0.3) is 5.91 Å². The number of benzene rings is 2. The summed E-state index contributed by atoms with van der Waals surface area (Å²) < 4.78 is 1.45. The molecule has 0 aliphatic rings. The summed E-state index contributed by atoms with van der Waals surface area (Å²) in [5.41, 5.74) is 2.21. The fourth-order valence-corrected chi connectivity index (χ4v) is 2.45. The molecule has 0 saturated heterocycles. The van der Waals surface area contributed by atoms with Crippen LogP contribution in [0.3, 0.4) is 0 Å². The first-order valence-corrected chi connectivity index (χ1v) is 7.66. The van der Waals surface area contributed by atoms with Crippen LogP contribution < -0.4 is 5.32 Å². The first-order valence-electron chi connectivity index (χ1n) is 7.28. The molecule has 2 aromatic carbocycles. The molecule has 7 heteroatoms. The Bertz CT molecular complexity index is 878. The van der Waals surface area contributed by atoms with Crippen molar-refractivity contribution in [1.82, 2.24) is 15.0 Å². The standard InChI is InChI=1S/C17H15ClN4O2/c1-11-7-8-14(23)13(9-11)19-17(24)15-16(18)22(21-20-15)10-12-5-3-2-4-6-12/h2-9,23H,10H2,1H3,(H,19,24). The minimum Gasteiger partial charge on any atom is -0.506 e. The van der Waals surface area contributed by atoms with Gasteiger partial charge in [0.15, 0.2) is 10.8 Å². The van der Waals surface area contributed by atoms with Crippen molar-refractivity contribution in [3.05, 3.63) is 70.5 Å². The molecule has 0 fully saturated rings. The number of hydrogen-bond donors (Lipinski definition) is 2. The summed E-state index contributed by atoms with van der Waals surface area (Å²) in [6.07, 6.45) is 0. The van der Waals surface area contributed by atoms with E-state index < -0.39 is 5.91 Å². The van der Waals surface area contributed by atoms with E-state index in [-0.39, 0.29) is 16.6 Å². The zero-order valence-corrected chi connectivity index (χ0v) is 13.7. The van der Waals surface area contributed by atoms with Crippen molar-refractivity contribution in [3.63, 3.8) is 0 Å². The second-order valence-corrected chi connectivity index (χ2v) is 5.70. The molecule has 122 valence electrons. The Morgan fingerprint density at radius 2 is 2.00 bits per heavy atom. The number of aromatic hydroxyl groups is 1. The van der Waals surface area contributed by atoms with E-state index in [0.717, 1.165) is 11.1 Å². The zero-order chi connectivity index (χ0) is 17.1. The highest BCUT2D eigenvalue weighted by Gasteiger charge is 2.19. The van der Waals surface area contributed by atoms with Gasteiger partial charge in [-0.3, -0.25) is 4.79 Å². The van der Waals surface area contributed by atoms with Gasteiger partial charge >= 0.3 is 0 Å². The fourth-order valence-electron chi connectivity index (χ4n) is 2.23. The average Bonchev–Trinajstić information content (AvgIpc) is 2.93. The third kappa shape index (κ3) is 3.38. The van der Waals surface area contributed by atoms with Gasteiger partial charge in [-0.05, 0) is 30.2 Å². The van der Waals surface area contributed by atoms with Gasteiger partial charge in [-0.1, -0.05) is 53.2 Å². The van der Waals surface area contributed by atoms with Crippen LogP contribution in [0.15, 0.2) is 48.5 Å². The van der Waals surface area contributed by atoms with Crippen LogP contribution in [0.25, 0.3) is 0 Å². The van der Waals surface area contributed by atoms with Gasteiger partial charge in [-0.2, -0.15) is 0 Å². The first kappa shape index (κ1) is 16.0. The monoisotopic (exact) mass is 342 g/mol. The van der Waals surface area contributed by atoms with Gasteiger partial charge in [-0.15, -0.1) is 5.10 Å². The van der Waals surface area contributed by atoms with E-state index in [0.29, 0.717) is 12.2 Å². The number of carbonyl (C=O) groups excluding carboxylic acids is 1. The topological polar surface area (TPSA) is 80.0 Å². The van der Waals surface area contributed by atoms with E-state index in [9.17, 15) is 9.90 Å². The summed E-state index contributed by atoms with van der Waals surface area (Å²) in [6.45, 7) is 2.27. The molecule has 0 radical (unpaired) electrons. The molecular weight excluding hydrogens is 328 g/mol. The molecule has 0 saturated carbocycles. The number of nitrogens with one attached hydrogen (secondary N) is 1. The Balaban J connectivity index is 1.80. The lowest BCUT2D eigenvalue weighted by atomic mass is 10.2. The molecule has 0 aliphatic carbocycles. The molecule has 3 rings (SSSR count). The van der Waals surface area contributed by atoms with Gasteiger partial charge in [0.2, 0.25) is 0 Å². The number of rotatable bonds is 4. The van der Waals surface area contributed by atoms with Crippen molar-refractivity contribution in [1.29, 1.82) is 0 Å². The molecule has 0 spiro atoms. The molecule has 3 aromatic rings. The highest BCUT2D eigenvalue weighted by molar-refractivity contribution is 6.33. The number of halogens is 1. The number of aromatic nitrogens is 3. The Hall–Kier alpha value is -2.86. The van der Waals surface area contributed by atoms with Gasteiger partial charge in [0, 0.05) is 0 Å². The lowest BCUT2D eigenvalue weighted by molar-refractivity contribution is 0.102. The van der Waals surface area contributed by atoms with E-state index in [2.05, 4.69) is 15.6 Å². The normalized spacial score (nSPS) is 10.6. The van der Waals surface area contributed by atoms with Crippen LogP contribution >= 0.6 is 11.6 Å². The minimum absolute atomic E-state index is 0.00787. The number of nitrogens with zero attached hydrogens (tertiary/aromatic N) is 3. The van der Waals surface area contributed by atoms with Gasteiger partial charge < -0.3 is 10.4 Å². The molecule has 1 aromatic heterocycles. The van der Waals surface area contributed by atoms with Crippen molar-refractivity contribution >= 4 is 23.2 Å². The smallest absolute Gasteiger partial charge is 0.279 e. The molecule has 6 nitrogen and oxygen atoms in total. The molecule has 24 heavy (non-hydrogen) atoms. The summed E-state index contributed by atoms with van der Waals surface area (Å²) in [5.74, 6) is -0.554. The number of hydrogen-bond acceptors (Lipinski definition) is 4. The molecule has 0 bridgehead atoms. The maximum atomic E-state index is 12.3. The Labute approximate surface area is 143 Å². The number of carbonyl (C=O) groups is 1. The van der Waals surface area contributed by atoms with Crippen molar-refractivity contribution < 1.29 is 9.90 Å². The van der Waals surface area contributed by atoms with Crippen molar-refractivity contribution in [2.45, 2.75) is 13.5 Å². The Morgan fingerprint density at radius 3 is 2.75 bits per heavy atom. The SMILES string of the molecule is Cc1ccc(O)c(NC(=O)c2nnn(Cc3ccccc3)c2Cl)c1. The third-order valence-electron chi connectivity index (χ3n) is 3.47. The van der Waals surface area contributed by atoms with Crippen LogP contribution in [0.5, 0.6) is 5.75 Å². The predicted octanol–water partition coefficient (Wildman–Crippen LogP) is 3.25. The van der Waals surface area contributed by atoms with Gasteiger partial charge in [0.05, 0.1) is 12.2 Å². The van der Waals surface area contributed by atoms with E-state index in [1.807, 2.05) is 37.3 Å². The summed E-state index contributed by atoms with van der Waals surface area (Å²) in [6, 6.07) is 14.5. The maximum Gasteiger partial charge on any atom is 0.279 e. The van der Waals surface area contributed by atoms with Crippen LogP contribution in [0.4, 0.5) is 5.69 Å². The number of anilines is 1. The highest BCUT2D eigenvalue weighted by Crippen LogP contribution is 2.25. The van der Waals surface area contributed by atoms with Crippen molar-refractivity contribution in [2.75, 3.05) is 5.32 Å². The zero-order valence-electron chi connectivity index (χ0n) is 12.9. The molecule has 2 N–H and O–H groups in total. The Morgan fingerprint density at radius 1 is 1.25 bits per heavy atom. The van der Waals surface area contributed by atoms with E-state index >= 15 is 0 Å². The second kappa shape index (κ2) is 6.72. The summed E-state index contributed by atoms with van der Waals surface area (Å²) >= 11 is 6.22. The van der Waals surface area contributed by atoms with Crippen LogP contribution in [0.1, 0.15) is 21.6 Å². The van der Waals surface area contributed by atoms with E-state index in [1.54, 1.807) is 12.1 Å². The fraction of sp³-hybridized carbons (Fsp3) is 0.118. The number of phenolic OH excluding ortho intramolecular Hbond substituents is 1. The molecular formula is C17H15ClN4O2. The van der Waals surface area contributed by atoms with Gasteiger partial charge in [-0.25, -0.2) is 4.68 Å². The van der Waals surface area contributed by atoms with Crippen LogP contribution in [-0.2, 0) is 6.54 Å². The quantitative estimate of drug-likeness (QED) is 0.713. The van der Waals surface area contributed by atoms with E-state index in [4.69, 9.17) is 11.6 Å². The van der Waals surface area contributed by atoms with E-state index in [1.165, 1.54) is 10.7 Å². The summed E-state index contributed by atoms with van der Waals surface area (Å²) in [7, 11) is 0. The third-order valence-corrected chi connectivity index (χ3v) is 3.84. The lowest BCUT2D eigenvalue weighted by Gasteiger charge is -2.07. The molecule has 0 atom stereocenters. The summed E-state index contributed by atoms with van der Waals surface area (Å²) in [5, 5.41) is 20.3. The largest absolute Gasteiger partial charge is 0.506 e. The van der Waals surface area contributed by atoms with Gasteiger partial charge in [0.1, 0.15) is 5.75 Å². The molecule has 1 amide bonds. The first-order chi connectivity index (χ1) is 11.5. The predicted molar refractivity (Wildman–Crippen MR) is 91.4 cm³/mol. The Kier molecular flexibility index (Phi) is 4.48. The maximum absolute atomic E-state index is 12.3. The number of phenols is 1. The number of amides is 1. The lowest BCUT2D eigenvalue weighted by Crippen LogP contribution is -2.13. The number of aryl methyl sites for hydroxylation is 1.